The van der Waals surface area contributed by atoms with Crippen LogP contribution in [0.25, 0.3) is 0 Å². The van der Waals surface area contributed by atoms with E-state index in [4.69, 9.17) is 4.74 Å². The van der Waals surface area contributed by atoms with Gasteiger partial charge in [-0.1, -0.05) is 13.8 Å². The van der Waals surface area contributed by atoms with Gasteiger partial charge < -0.3 is 15.0 Å². The van der Waals surface area contributed by atoms with E-state index in [0.717, 1.165) is 0 Å². The molecule has 0 spiro atoms. The van der Waals surface area contributed by atoms with Crippen LogP contribution in [0.4, 0.5) is 5.69 Å². The third-order valence-corrected chi connectivity index (χ3v) is 6.05. The summed E-state index contributed by atoms with van der Waals surface area (Å²) in [5.74, 6) is -1.11. The van der Waals surface area contributed by atoms with Crippen molar-refractivity contribution in [3.63, 3.8) is 0 Å². The molecular weight excluding hydrogens is 384 g/mol. The average molecular weight is 410 g/mol. The van der Waals surface area contributed by atoms with E-state index < -0.39 is 28.3 Å². The van der Waals surface area contributed by atoms with Crippen molar-refractivity contribution in [1.29, 1.82) is 0 Å². The second-order valence-electron chi connectivity index (χ2n) is 7.33. The van der Waals surface area contributed by atoms with Gasteiger partial charge in [-0.3, -0.25) is 9.59 Å². The first kappa shape index (κ1) is 21.9. The van der Waals surface area contributed by atoms with Crippen LogP contribution in [0.15, 0.2) is 24.3 Å². The van der Waals surface area contributed by atoms with Crippen LogP contribution in [0.3, 0.4) is 0 Å². The SMILES string of the molecule is CC(=O)Nc1ccc(C(=O)OCC(=O)N(CC(C)C)C2CCS(=O)(=O)C2)cc1. The fourth-order valence-electron chi connectivity index (χ4n) is 3.06. The number of rotatable bonds is 7. The van der Waals surface area contributed by atoms with Crippen LogP contribution in [0.5, 0.6) is 0 Å². The fourth-order valence-corrected chi connectivity index (χ4v) is 4.79. The Labute approximate surface area is 165 Å². The zero-order valence-corrected chi connectivity index (χ0v) is 17.1. The number of anilines is 1. The molecule has 2 rings (SSSR count). The molecule has 0 bridgehead atoms. The van der Waals surface area contributed by atoms with E-state index in [2.05, 4.69) is 5.32 Å². The van der Waals surface area contributed by atoms with Crippen molar-refractivity contribution >= 4 is 33.3 Å². The molecule has 1 N–H and O–H groups in total. The molecule has 9 heteroatoms. The van der Waals surface area contributed by atoms with E-state index >= 15 is 0 Å². The highest BCUT2D eigenvalue weighted by Crippen LogP contribution is 2.19. The Morgan fingerprint density at radius 3 is 2.36 bits per heavy atom. The minimum Gasteiger partial charge on any atom is -0.452 e. The van der Waals surface area contributed by atoms with Gasteiger partial charge in [0.2, 0.25) is 5.91 Å². The first-order chi connectivity index (χ1) is 13.1. The maximum Gasteiger partial charge on any atom is 0.338 e. The van der Waals surface area contributed by atoms with E-state index in [1.54, 1.807) is 12.1 Å². The van der Waals surface area contributed by atoms with Crippen molar-refractivity contribution in [2.24, 2.45) is 5.92 Å². The number of esters is 1. The quantitative estimate of drug-likeness (QED) is 0.682. The highest BCUT2D eigenvalue weighted by Gasteiger charge is 2.35. The largest absolute Gasteiger partial charge is 0.452 e. The number of benzene rings is 1. The molecule has 0 aromatic heterocycles. The molecular formula is C19H26N2O6S. The summed E-state index contributed by atoms with van der Waals surface area (Å²) in [5, 5.41) is 2.59. The Balaban J connectivity index is 1.97. The van der Waals surface area contributed by atoms with Gasteiger partial charge in [-0.25, -0.2) is 13.2 Å². The smallest absolute Gasteiger partial charge is 0.338 e. The molecule has 1 aliphatic heterocycles. The summed E-state index contributed by atoms with van der Waals surface area (Å²) in [6.45, 7) is 5.21. The second-order valence-corrected chi connectivity index (χ2v) is 9.56. The molecule has 0 aliphatic carbocycles. The lowest BCUT2D eigenvalue weighted by Gasteiger charge is -2.29. The molecule has 1 atom stereocenters. The maximum absolute atomic E-state index is 12.6. The van der Waals surface area contributed by atoms with Crippen LogP contribution < -0.4 is 5.32 Å². The van der Waals surface area contributed by atoms with Gasteiger partial charge in [-0.2, -0.15) is 0 Å². The number of nitrogens with one attached hydrogen (secondary N) is 1. The topological polar surface area (TPSA) is 110 Å². The summed E-state index contributed by atoms with van der Waals surface area (Å²) in [4.78, 5) is 37.3. The Kier molecular flexibility index (Phi) is 7.17. The molecule has 1 unspecified atom stereocenters. The molecule has 1 aliphatic rings. The first-order valence-corrected chi connectivity index (χ1v) is 10.9. The number of amides is 2. The Morgan fingerprint density at radius 2 is 1.86 bits per heavy atom. The predicted molar refractivity (Wildman–Crippen MR) is 105 cm³/mol. The second kappa shape index (κ2) is 9.18. The maximum atomic E-state index is 12.6. The Bertz CT molecular complexity index is 832. The van der Waals surface area contributed by atoms with E-state index in [0.29, 0.717) is 18.7 Å². The summed E-state index contributed by atoms with van der Waals surface area (Å²) in [7, 11) is -3.13. The van der Waals surface area contributed by atoms with Gasteiger partial charge >= 0.3 is 5.97 Å². The fraction of sp³-hybridized carbons (Fsp3) is 0.526. The molecule has 0 radical (unpaired) electrons. The van der Waals surface area contributed by atoms with E-state index in [-0.39, 0.29) is 34.9 Å². The summed E-state index contributed by atoms with van der Waals surface area (Å²) < 4.78 is 28.6. The van der Waals surface area contributed by atoms with Crippen LogP contribution >= 0.6 is 0 Å². The number of nitrogens with zero attached hydrogens (tertiary/aromatic N) is 1. The molecule has 1 fully saturated rings. The number of ether oxygens (including phenoxy) is 1. The third-order valence-electron chi connectivity index (χ3n) is 4.30. The van der Waals surface area contributed by atoms with E-state index in [9.17, 15) is 22.8 Å². The lowest BCUT2D eigenvalue weighted by atomic mass is 10.1. The van der Waals surface area contributed by atoms with Crippen molar-refractivity contribution in [2.45, 2.75) is 33.2 Å². The van der Waals surface area contributed by atoms with Crippen LogP contribution in [0, 0.1) is 5.92 Å². The molecule has 1 aromatic carbocycles. The molecule has 1 saturated heterocycles. The molecule has 154 valence electrons. The molecule has 1 aromatic rings. The van der Waals surface area contributed by atoms with Crippen molar-refractivity contribution in [3.05, 3.63) is 29.8 Å². The lowest BCUT2D eigenvalue weighted by Crippen LogP contribution is -2.45. The zero-order valence-electron chi connectivity index (χ0n) is 16.3. The number of hydrogen-bond acceptors (Lipinski definition) is 6. The van der Waals surface area contributed by atoms with E-state index in [1.165, 1.54) is 24.0 Å². The van der Waals surface area contributed by atoms with Crippen molar-refractivity contribution in [3.8, 4) is 0 Å². The lowest BCUT2D eigenvalue weighted by molar-refractivity contribution is -0.137. The minimum absolute atomic E-state index is 0.0516. The van der Waals surface area contributed by atoms with Crippen LogP contribution in [-0.4, -0.2) is 61.8 Å². The molecule has 0 saturated carbocycles. The summed E-state index contributed by atoms with van der Waals surface area (Å²) in [6, 6.07) is 5.74. The number of carbonyl (C=O) groups excluding carboxylic acids is 3. The normalized spacial score (nSPS) is 17.9. The minimum atomic E-state index is -3.13. The van der Waals surface area contributed by atoms with Crippen LogP contribution in [0.1, 0.15) is 37.6 Å². The monoisotopic (exact) mass is 410 g/mol. The van der Waals surface area contributed by atoms with Gasteiger partial charge in [0, 0.05) is 25.2 Å². The van der Waals surface area contributed by atoms with E-state index in [1.807, 2.05) is 13.8 Å². The molecule has 8 nitrogen and oxygen atoms in total. The number of hydrogen-bond donors (Lipinski definition) is 1. The van der Waals surface area contributed by atoms with Gasteiger partial charge in [-0.05, 0) is 36.6 Å². The van der Waals surface area contributed by atoms with Gasteiger partial charge in [0.25, 0.3) is 5.91 Å². The summed E-state index contributed by atoms with van der Waals surface area (Å²) in [6.07, 6.45) is 0.402. The zero-order chi connectivity index (χ0) is 20.9. The van der Waals surface area contributed by atoms with Gasteiger partial charge in [0.1, 0.15) is 0 Å². The van der Waals surface area contributed by atoms with Gasteiger partial charge in [0.05, 0.1) is 17.1 Å². The van der Waals surface area contributed by atoms with Crippen LogP contribution in [0.2, 0.25) is 0 Å². The van der Waals surface area contributed by atoms with Crippen LogP contribution in [-0.2, 0) is 24.2 Å². The molecule has 2 amide bonds. The summed E-state index contributed by atoms with van der Waals surface area (Å²) in [5.41, 5.74) is 0.798. The van der Waals surface area contributed by atoms with Crippen molar-refractivity contribution < 1.29 is 27.5 Å². The molecule has 28 heavy (non-hydrogen) atoms. The van der Waals surface area contributed by atoms with Gasteiger partial charge in [-0.15, -0.1) is 0 Å². The van der Waals surface area contributed by atoms with Gasteiger partial charge in [0.15, 0.2) is 16.4 Å². The first-order valence-electron chi connectivity index (χ1n) is 9.12. The predicted octanol–water partition coefficient (Wildman–Crippen LogP) is 1.47. The third kappa shape index (κ3) is 6.33. The Morgan fingerprint density at radius 1 is 1.21 bits per heavy atom. The highest BCUT2D eigenvalue weighted by molar-refractivity contribution is 7.91. The number of carbonyl (C=O) groups is 3. The highest BCUT2D eigenvalue weighted by atomic mass is 32.2. The van der Waals surface area contributed by atoms with Crippen molar-refractivity contribution in [1.82, 2.24) is 4.90 Å². The Hall–Kier alpha value is -2.42. The molecule has 1 heterocycles. The average Bonchev–Trinajstić information content (AvgIpc) is 2.97. The standard InChI is InChI=1S/C19H26N2O6S/c1-13(2)10-21(17-8-9-28(25,26)12-17)18(23)11-27-19(24)15-4-6-16(7-5-15)20-14(3)22/h4-7,13,17H,8-12H2,1-3H3,(H,20,22). The van der Waals surface area contributed by atoms with Crippen molar-refractivity contribution in [2.75, 3.05) is 30.0 Å². The number of sulfone groups is 1. The summed E-state index contributed by atoms with van der Waals surface area (Å²) >= 11 is 0.